The number of rotatable bonds is 7. The average Bonchev–Trinajstić information content (AvgIpc) is 2.10. The quantitative estimate of drug-likeness (QED) is 0.678. The minimum atomic E-state index is -0.409. The summed E-state index contributed by atoms with van der Waals surface area (Å²) in [5.41, 5.74) is 0. The highest BCUT2D eigenvalue weighted by molar-refractivity contribution is 7.98. The molecule has 4 heteroatoms. The van der Waals surface area contributed by atoms with Crippen molar-refractivity contribution in [2.75, 3.05) is 18.6 Å². The summed E-state index contributed by atoms with van der Waals surface area (Å²) in [6.07, 6.45) is 2.84. The Bertz CT molecular complexity index is 162. The largest absolute Gasteiger partial charge is 0.391 e. The van der Waals surface area contributed by atoms with Crippen molar-refractivity contribution >= 4 is 17.7 Å². The lowest BCUT2D eigenvalue weighted by Gasteiger charge is -2.13. The molecule has 0 saturated heterocycles. The summed E-state index contributed by atoms with van der Waals surface area (Å²) in [6, 6.07) is 0. The molecule has 0 saturated carbocycles. The third-order valence-corrected chi connectivity index (χ3v) is 2.42. The predicted molar refractivity (Wildman–Crippen MR) is 61.5 cm³/mol. The topological polar surface area (TPSA) is 49.3 Å². The third-order valence-electron chi connectivity index (χ3n) is 1.81. The van der Waals surface area contributed by atoms with Crippen LogP contribution in [0.3, 0.4) is 0 Å². The zero-order valence-electron chi connectivity index (χ0n) is 9.25. The van der Waals surface area contributed by atoms with Gasteiger partial charge >= 0.3 is 0 Å². The molecule has 0 aromatic rings. The molecular weight excluding hydrogens is 198 g/mol. The van der Waals surface area contributed by atoms with Gasteiger partial charge in [-0.05, 0) is 18.6 Å². The number of hydrogen-bond donors (Lipinski definition) is 2. The van der Waals surface area contributed by atoms with E-state index in [9.17, 15) is 9.90 Å². The SMILES string of the molecule is CSCCC(=O)NCC(O)CC(C)C. The summed E-state index contributed by atoms with van der Waals surface area (Å²) in [5.74, 6) is 1.34. The summed E-state index contributed by atoms with van der Waals surface area (Å²) in [6.45, 7) is 4.49. The first-order valence-corrected chi connectivity index (χ1v) is 6.39. The molecule has 0 aliphatic carbocycles. The maximum atomic E-state index is 11.2. The standard InChI is InChI=1S/C10H21NO2S/c1-8(2)6-9(12)7-11-10(13)4-5-14-3/h8-9,12H,4-7H2,1-3H3,(H,11,13). The first kappa shape index (κ1) is 13.8. The summed E-state index contributed by atoms with van der Waals surface area (Å²) >= 11 is 1.65. The number of carbonyl (C=O) groups excluding carboxylic acids is 1. The third kappa shape index (κ3) is 8.38. The van der Waals surface area contributed by atoms with Gasteiger partial charge in [0.2, 0.25) is 5.91 Å². The number of amides is 1. The Hall–Kier alpha value is -0.220. The zero-order chi connectivity index (χ0) is 11.0. The minimum Gasteiger partial charge on any atom is -0.391 e. The van der Waals surface area contributed by atoms with Gasteiger partial charge in [-0.3, -0.25) is 4.79 Å². The molecule has 0 fully saturated rings. The van der Waals surface area contributed by atoms with Gasteiger partial charge in [-0.15, -0.1) is 0 Å². The number of thioether (sulfide) groups is 1. The maximum absolute atomic E-state index is 11.2. The molecule has 0 aromatic heterocycles. The fourth-order valence-corrected chi connectivity index (χ4v) is 1.53. The van der Waals surface area contributed by atoms with Crippen molar-refractivity contribution in [3.8, 4) is 0 Å². The van der Waals surface area contributed by atoms with Crippen LogP contribution in [0.25, 0.3) is 0 Å². The number of hydrogen-bond acceptors (Lipinski definition) is 3. The first-order valence-electron chi connectivity index (χ1n) is 5.00. The molecule has 0 bridgehead atoms. The molecule has 0 aromatic carbocycles. The van der Waals surface area contributed by atoms with Gasteiger partial charge in [0.25, 0.3) is 0 Å². The lowest BCUT2D eigenvalue weighted by Crippen LogP contribution is -2.32. The van der Waals surface area contributed by atoms with E-state index in [4.69, 9.17) is 0 Å². The number of aliphatic hydroxyl groups excluding tert-OH is 1. The molecule has 0 heterocycles. The van der Waals surface area contributed by atoms with E-state index in [2.05, 4.69) is 19.2 Å². The Balaban J connectivity index is 3.45. The van der Waals surface area contributed by atoms with Crippen molar-refractivity contribution in [2.45, 2.75) is 32.8 Å². The van der Waals surface area contributed by atoms with E-state index < -0.39 is 6.10 Å². The Morgan fingerprint density at radius 1 is 1.50 bits per heavy atom. The van der Waals surface area contributed by atoms with Crippen LogP contribution in [-0.4, -0.2) is 35.7 Å². The fourth-order valence-electron chi connectivity index (χ4n) is 1.14. The van der Waals surface area contributed by atoms with Gasteiger partial charge in [0.1, 0.15) is 0 Å². The fraction of sp³-hybridized carbons (Fsp3) is 0.900. The predicted octanol–water partition coefficient (Wildman–Crippen LogP) is 1.26. The van der Waals surface area contributed by atoms with Crippen LogP contribution >= 0.6 is 11.8 Å². The molecule has 1 amide bonds. The van der Waals surface area contributed by atoms with E-state index in [0.29, 0.717) is 18.9 Å². The maximum Gasteiger partial charge on any atom is 0.220 e. The van der Waals surface area contributed by atoms with Gasteiger partial charge in [0, 0.05) is 18.7 Å². The van der Waals surface area contributed by atoms with Crippen LogP contribution in [-0.2, 0) is 4.79 Å². The monoisotopic (exact) mass is 219 g/mol. The normalized spacial score (nSPS) is 12.9. The summed E-state index contributed by atoms with van der Waals surface area (Å²) < 4.78 is 0. The Kier molecular flexibility index (Phi) is 7.99. The van der Waals surface area contributed by atoms with Crippen LogP contribution in [0.5, 0.6) is 0 Å². The van der Waals surface area contributed by atoms with Crippen LogP contribution in [0.1, 0.15) is 26.7 Å². The van der Waals surface area contributed by atoms with E-state index in [1.807, 2.05) is 6.26 Å². The van der Waals surface area contributed by atoms with Crippen molar-refractivity contribution in [1.82, 2.24) is 5.32 Å². The first-order chi connectivity index (χ1) is 6.56. The van der Waals surface area contributed by atoms with Crippen LogP contribution < -0.4 is 5.32 Å². The highest BCUT2D eigenvalue weighted by Gasteiger charge is 2.08. The highest BCUT2D eigenvalue weighted by Crippen LogP contribution is 2.03. The molecule has 0 aliphatic heterocycles. The zero-order valence-corrected chi connectivity index (χ0v) is 10.1. The Morgan fingerprint density at radius 3 is 2.64 bits per heavy atom. The second kappa shape index (κ2) is 8.12. The van der Waals surface area contributed by atoms with E-state index in [0.717, 1.165) is 12.2 Å². The molecule has 1 unspecified atom stereocenters. The highest BCUT2D eigenvalue weighted by atomic mass is 32.2. The van der Waals surface area contributed by atoms with Crippen LogP contribution in [0.2, 0.25) is 0 Å². The van der Waals surface area contributed by atoms with Gasteiger partial charge in [0.05, 0.1) is 6.10 Å². The molecule has 0 spiro atoms. The molecule has 2 N–H and O–H groups in total. The summed E-state index contributed by atoms with van der Waals surface area (Å²) in [7, 11) is 0. The average molecular weight is 219 g/mol. The van der Waals surface area contributed by atoms with Crippen molar-refractivity contribution in [2.24, 2.45) is 5.92 Å². The Morgan fingerprint density at radius 2 is 2.14 bits per heavy atom. The molecule has 84 valence electrons. The molecular formula is C10H21NO2S. The van der Waals surface area contributed by atoms with Crippen LogP contribution in [0, 0.1) is 5.92 Å². The number of carbonyl (C=O) groups is 1. The molecule has 1 atom stereocenters. The van der Waals surface area contributed by atoms with Crippen LogP contribution in [0.4, 0.5) is 0 Å². The molecule has 0 radical (unpaired) electrons. The molecule has 0 aliphatic rings. The van der Waals surface area contributed by atoms with Crippen molar-refractivity contribution < 1.29 is 9.90 Å². The molecule has 3 nitrogen and oxygen atoms in total. The lowest BCUT2D eigenvalue weighted by atomic mass is 10.1. The lowest BCUT2D eigenvalue weighted by molar-refractivity contribution is -0.121. The van der Waals surface area contributed by atoms with E-state index in [1.165, 1.54) is 0 Å². The Labute approximate surface area is 90.7 Å². The smallest absolute Gasteiger partial charge is 0.220 e. The van der Waals surface area contributed by atoms with Crippen LogP contribution in [0.15, 0.2) is 0 Å². The van der Waals surface area contributed by atoms with Crippen molar-refractivity contribution in [3.63, 3.8) is 0 Å². The summed E-state index contributed by atoms with van der Waals surface area (Å²) in [4.78, 5) is 11.2. The number of aliphatic hydroxyl groups is 1. The van der Waals surface area contributed by atoms with E-state index in [1.54, 1.807) is 11.8 Å². The molecule has 0 rings (SSSR count). The van der Waals surface area contributed by atoms with Gasteiger partial charge in [-0.1, -0.05) is 13.8 Å². The van der Waals surface area contributed by atoms with Gasteiger partial charge in [-0.2, -0.15) is 11.8 Å². The van der Waals surface area contributed by atoms with Gasteiger partial charge in [-0.25, -0.2) is 0 Å². The van der Waals surface area contributed by atoms with E-state index in [-0.39, 0.29) is 5.91 Å². The van der Waals surface area contributed by atoms with Gasteiger partial charge < -0.3 is 10.4 Å². The molecule has 14 heavy (non-hydrogen) atoms. The van der Waals surface area contributed by atoms with E-state index >= 15 is 0 Å². The second-order valence-corrected chi connectivity index (χ2v) is 4.82. The summed E-state index contributed by atoms with van der Waals surface area (Å²) in [5, 5.41) is 12.2. The van der Waals surface area contributed by atoms with Gasteiger partial charge in [0.15, 0.2) is 0 Å². The van der Waals surface area contributed by atoms with Crippen molar-refractivity contribution in [3.05, 3.63) is 0 Å². The second-order valence-electron chi connectivity index (χ2n) is 3.83. The number of nitrogens with one attached hydrogen (secondary N) is 1. The minimum absolute atomic E-state index is 0.0298. The van der Waals surface area contributed by atoms with Crippen molar-refractivity contribution in [1.29, 1.82) is 0 Å².